The Morgan fingerprint density at radius 1 is 1.22 bits per heavy atom. The maximum absolute atomic E-state index is 12.6. The first kappa shape index (κ1) is 18.0. The predicted octanol–water partition coefficient (Wildman–Crippen LogP) is 2.12. The fourth-order valence-electron chi connectivity index (χ4n) is 2.46. The molecular formula is C16H26N2O4S. The summed E-state index contributed by atoms with van der Waals surface area (Å²) in [5.41, 5.74) is 0. The van der Waals surface area contributed by atoms with E-state index >= 15 is 0 Å². The molecule has 0 saturated carbocycles. The fourth-order valence-corrected chi connectivity index (χ4v) is 3.89. The normalized spacial score (nSPS) is 17.7. The highest BCUT2D eigenvalue weighted by Gasteiger charge is 2.30. The molecule has 6 nitrogen and oxygen atoms in total. The first-order valence-corrected chi connectivity index (χ1v) is 9.48. The van der Waals surface area contributed by atoms with Gasteiger partial charge in [-0.2, -0.15) is 17.0 Å². The maximum atomic E-state index is 12.6. The molecule has 0 amide bonds. The highest BCUT2D eigenvalue weighted by molar-refractivity contribution is 7.86. The van der Waals surface area contributed by atoms with Crippen LogP contribution in [0.5, 0.6) is 11.5 Å². The van der Waals surface area contributed by atoms with E-state index in [1.54, 1.807) is 7.05 Å². The van der Waals surface area contributed by atoms with E-state index in [0.717, 1.165) is 12.8 Å². The van der Waals surface area contributed by atoms with Crippen molar-refractivity contribution in [3.8, 4) is 11.5 Å². The molecule has 1 aliphatic rings. The number of ether oxygens (including phenoxy) is 2. The molecule has 2 rings (SSSR count). The van der Waals surface area contributed by atoms with Crippen molar-refractivity contribution in [1.29, 1.82) is 0 Å². The molecule has 0 aliphatic carbocycles. The molecule has 0 bridgehead atoms. The highest BCUT2D eigenvalue weighted by Crippen LogP contribution is 2.31. The molecular weight excluding hydrogens is 316 g/mol. The van der Waals surface area contributed by atoms with Gasteiger partial charge < -0.3 is 9.47 Å². The van der Waals surface area contributed by atoms with Crippen molar-refractivity contribution < 1.29 is 17.9 Å². The first-order valence-electron chi connectivity index (χ1n) is 8.09. The average molecular weight is 342 g/mol. The quantitative estimate of drug-likeness (QED) is 0.726. The first-order chi connectivity index (χ1) is 11.0. The molecule has 130 valence electrons. The van der Waals surface area contributed by atoms with Gasteiger partial charge in [0.05, 0.1) is 6.54 Å². The van der Waals surface area contributed by atoms with Gasteiger partial charge in [-0.25, -0.2) is 0 Å². The molecule has 1 aromatic carbocycles. The second-order valence-electron chi connectivity index (χ2n) is 5.63. The number of hydrogen-bond donors (Lipinski definition) is 0. The third kappa shape index (κ3) is 4.37. The van der Waals surface area contributed by atoms with E-state index < -0.39 is 10.2 Å². The van der Waals surface area contributed by atoms with Gasteiger partial charge in [0.2, 0.25) is 0 Å². The predicted molar refractivity (Wildman–Crippen MR) is 90.1 cm³/mol. The number of likely N-dealkylation sites (N-methyl/N-ethyl adjacent to an activating group) is 1. The lowest BCUT2D eigenvalue weighted by atomic mass is 10.2. The van der Waals surface area contributed by atoms with Crippen LogP contribution < -0.4 is 9.47 Å². The van der Waals surface area contributed by atoms with Gasteiger partial charge in [-0.15, -0.1) is 0 Å². The van der Waals surface area contributed by atoms with Gasteiger partial charge in [-0.1, -0.05) is 32.4 Å². The Hall–Kier alpha value is -1.31. The monoisotopic (exact) mass is 342 g/mol. The summed E-state index contributed by atoms with van der Waals surface area (Å²) in [6, 6.07) is 7.43. The standard InChI is InChI=1S/C16H26N2O4S/c1-4-6-11-17(3)23(19,20)18(5-2)12-14-13-21-15-9-7-8-10-16(15)22-14/h7-10,14H,4-6,11-13H2,1-3H3. The molecule has 7 heteroatoms. The smallest absolute Gasteiger partial charge is 0.281 e. The topological polar surface area (TPSA) is 59.1 Å². The number of benzene rings is 1. The van der Waals surface area contributed by atoms with E-state index in [2.05, 4.69) is 0 Å². The molecule has 0 radical (unpaired) electrons. The van der Waals surface area contributed by atoms with Crippen molar-refractivity contribution in [2.24, 2.45) is 0 Å². The molecule has 23 heavy (non-hydrogen) atoms. The molecule has 0 N–H and O–H groups in total. The summed E-state index contributed by atoms with van der Waals surface area (Å²) in [6.45, 7) is 5.44. The Bertz CT molecular complexity index is 606. The number of nitrogens with zero attached hydrogens (tertiary/aromatic N) is 2. The van der Waals surface area contributed by atoms with Crippen LogP contribution in [0.3, 0.4) is 0 Å². The van der Waals surface area contributed by atoms with Crippen molar-refractivity contribution in [1.82, 2.24) is 8.61 Å². The van der Waals surface area contributed by atoms with E-state index in [1.807, 2.05) is 38.1 Å². The lowest BCUT2D eigenvalue weighted by molar-refractivity contribution is 0.0761. The SMILES string of the molecule is CCCCN(C)S(=O)(=O)N(CC)CC1COc2ccccc2O1. The number of fused-ring (bicyclic) bond motifs is 1. The Balaban J connectivity index is 2.02. The molecule has 1 unspecified atom stereocenters. The van der Waals surface area contributed by atoms with Crippen LogP contribution in [-0.2, 0) is 10.2 Å². The van der Waals surface area contributed by atoms with Crippen LogP contribution in [0, 0.1) is 0 Å². The third-order valence-electron chi connectivity index (χ3n) is 3.87. The molecule has 1 heterocycles. The number of para-hydroxylation sites is 2. The van der Waals surface area contributed by atoms with Gasteiger partial charge >= 0.3 is 0 Å². The summed E-state index contributed by atoms with van der Waals surface area (Å²) in [5, 5.41) is 0. The Kier molecular flexibility index (Phi) is 6.26. The molecule has 1 aromatic rings. The number of unbranched alkanes of at least 4 members (excludes halogenated alkanes) is 1. The van der Waals surface area contributed by atoms with Crippen molar-refractivity contribution in [3.63, 3.8) is 0 Å². The zero-order chi connectivity index (χ0) is 16.9. The minimum absolute atomic E-state index is 0.281. The average Bonchev–Trinajstić information content (AvgIpc) is 2.57. The lowest BCUT2D eigenvalue weighted by Crippen LogP contribution is -2.48. The summed E-state index contributed by atoms with van der Waals surface area (Å²) >= 11 is 0. The molecule has 0 aromatic heterocycles. The van der Waals surface area contributed by atoms with Crippen LogP contribution in [-0.4, -0.2) is 56.4 Å². The second-order valence-corrected chi connectivity index (χ2v) is 7.67. The van der Waals surface area contributed by atoms with Crippen molar-refractivity contribution in [3.05, 3.63) is 24.3 Å². The number of rotatable bonds is 8. The zero-order valence-electron chi connectivity index (χ0n) is 14.1. The zero-order valence-corrected chi connectivity index (χ0v) is 14.9. The summed E-state index contributed by atoms with van der Waals surface area (Å²) in [5.74, 6) is 1.37. The van der Waals surface area contributed by atoms with Gasteiger partial charge in [0.25, 0.3) is 10.2 Å². The molecule has 0 fully saturated rings. The van der Waals surface area contributed by atoms with Crippen LogP contribution >= 0.6 is 0 Å². The van der Waals surface area contributed by atoms with Crippen molar-refractivity contribution in [2.45, 2.75) is 32.8 Å². The summed E-state index contributed by atoms with van der Waals surface area (Å²) in [6.07, 6.45) is 1.51. The van der Waals surface area contributed by atoms with Crippen LogP contribution in [0.4, 0.5) is 0 Å². The maximum Gasteiger partial charge on any atom is 0.281 e. The largest absolute Gasteiger partial charge is 0.486 e. The van der Waals surface area contributed by atoms with E-state index in [9.17, 15) is 8.42 Å². The highest BCUT2D eigenvalue weighted by atomic mass is 32.2. The fraction of sp³-hybridized carbons (Fsp3) is 0.625. The van der Waals surface area contributed by atoms with Gasteiger partial charge in [0.15, 0.2) is 11.5 Å². The summed E-state index contributed by atoms with van der Waals surface area (Å²) in [4.78, 5) is 0. The van der Waals surface area contributed by atoms with Crippen LogP contribution in [0.2, 0.25) is 0 Å². The summed E-state index contributed by atoms with van der Waals surface area (Å²) < 4.78 is 39.7. The van der Waals surface area contributed by atoms with Gasteiger partial charge in [0, 0.05) is 20.1 Å². The van der Waals surface area contributed by atoms with E-state index in [1.165, 1.54) is 8.61 Å². The third-order valence-corrected chi connectivity index (χ3v) is 5.90. The van der Waals surface area contributed by atoms with Crippen LogP contribution in [0.25, 0.3) is 0 Å². The van der Waals surface area contributed by atoms with E-state index in [4.69, 9.17) is 9.47 Å². The molecule has 0 spiro atoms. The lowest BCUT2D eigenvalue weighted by Gasteiger charge is -2.32. The Morgan fingerprint density at radius 3 is 2.57 bits per heavy atom. The van der Waals surface area contributed by atoms with E-state index in [0.29, 0.717) is 31.2 Å². The Labute approximate surface area is 139 Å². The van der Waals surface area contributed by atoms with Gasteiger partial charge in [-0.05, 0) is 18.6 Å². The molecule has 1 aliphatic heterocycles. The number of hydrogen-bond acceptors (Lipinski definition) is 4. The minimum atomic E-state index is -3.47. The van der Waals surface area contributed by atoms with Gasteiger partial charge in [0.1, 0.15) is 12.7 Å². The van der Waals surface area contributed by atoms with Crippen LogP contribution in [0.1, 0.15) is 26.7 Å². The minimum Gasteiger partial charge on any atom is -0.486 e. The second kappa shape index (κ2) is 7.99. The van der Waals surface area contributed by atoms with Crippen molar-refractivity contribution in [2.75, 3.05) is 33.3 Å². The van der Waals surface area contributed by atoms with Gasteiger partial charge in [-0.3, -0.25) is 0 Å². The van der Waals surface area contributed by atoms with Crippen molar-refractivity contribution >= 4 is 10.2 Å². The molecule has 0 saturated heterocycles. The Morgan fingerprint density at radius 2 is 1.91 bits per heavy atom. The van der Waals surface area contributed by atoms with Crippen LogP contribution in [0.15, 0.2) is 24.3 Å². The molecule has 1 atom stereocenters. The van der Waals surface area contributed by atoms with E-state index in [-0.39, 0.29) is 12.6 Å². The summed E-state index contributed by atoms with van der Waals surface area (Å²) in [7, 11) is -1.84.